The van der Waals surface area contributed by atoms with Crippen LogP contribution in [0.25, 0.3) is 0 Å². The molecule has 0 aliphatic heterocycles. The van der Waals surface area contributed by atoms with Crippen LogP contribution in [0.5, 0.6) is 5.75 Å². The molecule has 1 rings (SSSR count). The van der Waals surface area contributed by atoms with Crippen LogP contribution in [0.4, 0.5) is 5.82 Å². The topological polar surface area (TPSA) is 34.1 Å². The minimum atomic E-state index is -0.163. The number of hydrogen-bond donors (Lipinski definition) is 1. The summed E-state index contributed by atoms with van der Waals surface area (Å²) in [6, 6.07) is 3.81. The van der Waals surface area contributed by atoms with Crippen molar-refractivity contribution in [1.29, 1.82) is 0 Å². The molecule has 3 heteroatoms. The first-order valence-electron chi connectivity index (χ1n) is 5.40. The molecule has 1 N–H and O–H groups in total. The van der Waals surface area contributed by atoms with Gasteiger partial charge in [-0.05, 0) is 33.3 Å². The normalized spacial score (nSPS) is 11.2. The van der Waals surface area contributed by atoms with Gasteiger partial charge >= 0.3 is 0 Å². The Kier molecular flexibility index (Phi) is 3.95. The summed E-state index contributed by atoms with van der Waals surface area (Å²) in [6.07, 6.45) is 2.85. The standard InChI is InChI=1S/C12H20N2O/c1-5-7-13-11-9-10(6-8-14-11)15-12(2,3)4/h6,8-9H,5,7H2,1-4H3,(H,13,14). The molecule has 0 aliphatic rings. The predicted octanol–water partition coefficient (Wildman–Crippen LogP) is 3.08. The zero-order chi connectivity index (χ0) is 11.3. The Morgan fingerprint density at radius 1 is 1.40 bits per heavy atom. The zero-order valence-electron chi connectivity index (χ0n) is 10.0. The second-order valence-corrected chi connectivity index (χ2v) is 4.52. The second-order valence-electron chi connectivity index (χ2n) is 4.52. The van der Waals surface area contributed by atoms with E-state index >= 15 is 0 Å². The Labute approximate surface area is 91.9 Å². The quantitative estimate of drug-likeness (QED) is 0.825. The van der Waals surface area contributed by atoms with E-state index in [-0.39, 0.29) is 5.60 Å². The van der Waals surface area contributed by atoms with Crippen LogP contribution < -0.4 is 10.1 Å². The van der Waals surface area contributed by atoms with Gasteiger partial charge < -0.3 is 10.1 Å². The van der Waals surface area contributed by atoms with Gasteiger partial charge in [-0.25, -0.2) is 4.98 Å². The molecular formula is C12H20N2O. The molecule has 3 nitrogen and oxygen atoms in total. The van der Waals surface area contributed by atoms with E-state index in [4.69, 9.17) is 4.74 Å². The monoisotopic (exact) mass is 208 g/mol. The molecule has 0 radical (unpaired) electrons. The summed E-state index contributed by atoms with van der Waals surface area (Å²) < 4.78 is 5.74. The van der Waals surface area contributed by atoms with Gasteiger partial charge in [0, 0.05) is 18.8 Å². The van der Waals surface area contributed by atoms with Crippen molar-refractivity contribution >= 4 is 5.82 Å². The maximum atomic E-state index is 5.74. The highest BCUT2D eigenvalue weighted by atomic mass is 16.5. The van der Waals surface area contributed by atoms with Gasteiger partial charge in [-0.3, -0.25) is 0 Å². The van der Waals surface area contributed by atoms with Gasteiger partial charge in [0.25, 0.3) is 0 Å². The van der Waals surface area contributed by atoms with Crippen LogP contribution in [-0.4, -0.2) is 17.1 Å². The minimum absolute atomic E-state index is 0.163. The van der Waals surface area contributed by atoms with E-state index in [0.29, 0.717) is 0 Å². The van der Waals surface area contributed by atoms with E-state index in [2.05, 4.69) is 17.2 Å². The maximum absolute atomic E-state index is 5.74. The Hall–Kier alpha value is -1.25. The van der Waals surface area contributed by atoms with Crippen molar-refractivity contribution in [2.45, 2.75) is 39.7 Å². The molecule has 0 aromatic carbocycles. The largest absolute Gasteiger partial charge is 0.488 e. The van der Waals surface area contributed by atoms with Crippen molar-refractivity contribution in [1.82, 2.24) is 4.98 Å². The molecule has 0 amide bonds. The Bertz CT molecular complexity index is 305. The van der Waals surface area contributed by atoms with Gasteiger partial charge in [-0.1, -0.05) is 6.92 Å². The van der Waals surface area contributed by atoms with E-state index in [9.17, 15) is 0 Å². The predicted molar refractivity (Wildman–Crippen MR) is 63.4 cm³/mol. The summed E-state index contributed by atoms with van der Waals surface area (Å²) in [7, 11) is 0. The van der Waals surface area contributed by atoms with Crippen molar-refractivity contribution in [3.8, 4) is 5.75 Å². The fraction of sp³-hybridized carbons (Fsp3) is 0.583. The van der Waals surface area contributed by atoms with Crippen molar-refractivity contribution in [2.24, 2.45) is 0 Å². The number of rotatable bonds is 4. The van der Waals surface area contributed by atoms with Crippen molar-refractivity contribution in [3.05, 3.63) is 18.3 Å². The highest BCUT2D eigenvalue weighted by Crippen LogP contribution is 2.19. The fourth-order valence-electron chi connectivity index (χ4n) is 1.18. The Morgan fingerprint density at radius 3 is 2.73 bits per heavy atom. The van der Waals surface area contributed by atoms with E-state index < -0.39 is 0 Å². The Morgan fingerprint density at radius 2 is 2.13 bits per heavy atom. The summed E-state index contributed by atoms with van der Waals surface area (Å²) in [6.45, 7) is 9.17. The average molecular weight is 208 g/mol. The molecule has 0 saturated carbocycles. The number of ether oxygens (including phenoxy) is 1. The highest BCUT2D eigenvalue weighted by molar-refractivity contribution is 5.40. The van der Waals surface area contributed by atoms with Gasteiger partial charge in [0.15, 0.2) is 0 Å². The number of hydrogen-bond acceptors (Lipinski definition) is 3. The minimum Gasteiger partial charge on any atom is -0.488 e. The second kappa shape index (κ2) is 5.01. The number of nitrogens with one attached hydrogen (secondary N) is 1. The molecule has 1 aromatic rings. The first-order chi connectivity index (χ1) is 7.01. The lowest BCUT2D eigenvalue weighted by atomic mass is 10.2. The van der Waals surface area contributed by atoms with Crippen LogP contribution in [0.15, 0.2) is 18.3 Å². The summed E-state index contributed by atoms with van der Waals surface area (Å²) in [5.41, 5.74) is -0.163. The highest BCUT2D eigenvalue weighted by Gasteiger charge is 2.11. The molecule has 0 fully saturated rings. The summed E-state index contributed by atoms with van der Waals surface area (Å²) in [5, 5.41) is 3.23. The Balaban J connectivity index is 2.66. The average Bonchev–Trinajstić information content (AvgIpc) is 2.12. The van der Waals surface area contributed by atoms with Crippen LogP contribution in [0.2, 0.25) is 0 Å². The van der Waals surface area contributed by atoms with Crippen molar-refractivity contribution < 1.29 is 4.74 Å². The molecule has 0 aliphatic carbocycles. The van der Waals surface area contributed by atoms with Crippen molar-refractivity contribution in [2.75, 3.05) is 11.9 Å². The lowest BCUT2D eigenvalue weighted by molar-refractivity contribution is 0.131. The lowest BCUT2D eigenvalue weighted by Crippen LogP contribution is -2.23. The molecule has 1 aromatic heterocycles. The molecule has 1 heterocycles. The van der Waals surface area contributed by atoms with Crippen LogP contribution in [0.1, 0.15) is 34.1 Å². The fourth-order valence-corrected chi connectivity index (χ4v) is 1.18. The van der Waals surface area contributed by atoms with Crippen LogP contribution in [-0.2, 0) is 0 Å². The van der Waals surface area contributed by atoms with Crippen LogP contribution >= 0.6 is 0 Å². The van der Waals surface area contributed by atoms with Gasteiger partial charge in [0.2, 0.25) is 0 Å². The summed E-state index contributed by atoms with van der Waals surface area (Å²) in [5.74, 6) is 1.73. The SMILES string of the molecule is CCCNc1cc(OC(C)(C)C)ccn1. The molecule has 0 spiro atoms. The lowest BCUT2D eigenvalue weighted by Gasteiger charge is -2.21. The van der Waals surface area contributed by atoms with Crippen molar-refractivity contribution in [3.63, 3.8) is 0 Å². The van der Waals surface area contributed by atoms with Gasteiger partial charge in [0.05, 0.1) is 0 Å². The molecule has 0 saturated heterocycles. The first-order valence-corrected chi connectivity index (χ1v) is 5.40. The summed E-state index contributed by atoms with van der Waals surface area (Å²) >= 11 is 0. The number of nitrogens with zero attached hydrogens (tertiary/aromatic N) is 1. The van der Waals surface area contributed by atoms with Gasteiger partial charge in [-0.2, -0.15) is 0 Å². The van der Waals surface area contributed by atoms with E-state index in [1.54, 1.807) is 6.20 Å². The van der Waals surface area contributed by atoms with E-state index in [1.807, 2.05) is 32.9 Å². The van der Waals surface area contributed by atoms with Crippen LogP contribution in [0.3, 0.4) is 0 Å². The smallest absolute Gasteiger partial charge is 0.129 e. The molecule has 15 heavy (non-hydrogen) atoms. The first kappa shape index (κ1) is 11.8. The molecule has 84 valence electrons. The molecule has 0 bridgehead atoms. The van der Waals surface area contributed by atoms with Crippen LogP contribution in [0, 0.1) is 0 Å². The number of aromatic nitrogens is 1. The maximum Gasteiger partial charge on any atom is 0.129 e. The zero-order valence-corrected chi connectivity index (χ0v) is 10.0. The van der Waals surface area contributed by atoms with Gasteiger partial charge in [0.1, 0.15) is 17.2 Å². The van der Waals surface area contributed by atoms with Gasteiger partial charge in [-0.15, -0.1) is 0 Å². The summed E-state index contributed by atoms with van der Waals surface area (Å²) in [4.78, 5) is 4.22. The third-order valence-electron chi connectivity index (χ3n) is 1.71. The molecule has 0 atom stereocenters. The molecule has 0 unspecified atom stereocenters. The number of pyridine rings is 1. The molecular weight excluding hydrogens is 188 g/mol. The van der Waals surface area contributed by atoms with E-state index in [0.717, 1.165) is 24.5 Å². The third kappa shape index (κ3) is 4.68. The third-order valence-corrected chi connectivity index (χ3v) is 1.71. The van der Waals surface area contributed by atoms with E-state index in [1.165, 1.54) is 0 Å². The number of anilines is 1.